The largest absolute Gasteiger partial charge is 0.481 e. The zero-order chi connectivity index (χ0) is 13.3. The van der Waals surface area contributed by atoms with Gasteiger partial charge in [0, 0.05) is 18.1 Å². The van der Waals surface area contributed by atoms with Crippen LogP contribution in [0.25, 0.3) is 0 Å². The van der Waals surface area contributed by atoms with Gasteiger partial charge in [-0.2, -0.15) is 0 Å². The molecule has 5 nitrogen and oxygen atoms in total. The van der Waals surface area contributed by atoms with Gasteiger partial charge in [-0.3, -0.25) is 4.79 Å². The fourth-order valence-electron chi connectivity index (χ4n) is 3.16. The molecule has 0 aromatic rings. The number of hydrogen-bond donors (Lipinski definition) is 2. The predicted molar refractivity (Wildman–Crippen MR) is 67.2 cm³/mol. The van der Waals surface area contributed by atoms with Crippen LogP contribution in [0.1, 0.15) is 32.6 Å². The summed E-state index contributed by atoms with van der Waals surface area (Å²) in [5, 5.41) is 12.0. The first-order chi connectivity index (χ1) is 8.54. The highest BCUT2D eigenvalue weighted by Gasteiger charge is 2.51. The maximum absolute atomic E-state index is 12.1. The number of amides is 2. The Kier molecular flexibility index (Phi) is 3.59. The Bertz CT molecular complexity index is 369. The van der Waals surface area contributed by atoms with Crippen molar-refractivity contribution in [1.82, 2.24) is 10.2 Å². The van der Waals surface area contributed by atoms with E-state index in [1.165, 1.54) is 0 Å². The lowest BCUT2D eigenvalue weighted by atomic mass is 9.89. The maximum Gasteiger partial charge on any atom is 0.318 e. The van der Waals surface area contributed by atoms with Crippen molar-refractivity contribution in [1.29, 1.82) is 0 Å². The third kappa shape index (κ3) is 2.21. The number of nitrogens with one attached hydrogen (secondary N) is 1. The van der Waals surface area contributed by atoms with Crippen LogP contribution in [0.4, 0.5) is 4.79 Å². The number of urea groups is 1. The van der Waals surface area contributed by atoms with E-state index in [0.29, 0.717) is 6.42 Å². The molecule has 0 aliphatic carbocycles. The Labute approximate surface area is 107 Å². The molecule has 2 amide bonds. The van der Waals surface area contributed by atoms with Gasteiger partial charge in [0.15, 0.2) is 0 Å². The van der Waals surface area contributed by atoms with Gasteiger partial charge < -0.3 is 15.3 Å². The van der Waals surface area contributed by atoms with Crippen molar-refractivity contribution in [2.45, 2.75) is 50.7 Å². The van der Waals surface area contributed by atoms with Crippen LogP contribution in [0.3, 0.4) is 0 Å². The highest BCUT2D eigenvalue weighted by molar-refractivity contribution is 5.79. The molecule has 5 heteroatoms. The Balaban J connectivity index is 1.99. The highest BCUT2D eigenvalue weighted by Crippen LogP contribution is 2.41. The summed E-state index contributed by atoms with van der Waals surface area (Å²) in [5.74, 6) is -1.16. The van der Waals surface area contributed by atoms with Crippen LogP contribution in [-0.4, -0.2) is 40.1 Å². The maximum atomic E-state index is 12.1. The van der Waals surface area contributed by atoms with Gasteiger partial charge in [0.1, 0.15) is 0 Å². The average Bonchev–Trinajstić information content (AvgIpc) is 2.85. The molecule has 4 atom stereocenters. The smallest absolute Gasteiger partial charge is 0.318 e. The van der Waals surface area contributed by atoms with E-state index in [-0.39, 0.29) is 30.1 Å². The first-order valence-corrected chi connectivity index (χ1v) is 6.47. The Morgan fingerprint density at radius 3 is 2.83 bits per heavy atom. The number of nitrogens with zero attached hydrogens (tertiary/aromatic N) is 1. The molecule has 0 aromatic carbocycles. The second-order valence-electron chi connectivity index (χ2n) is 5.26. The molecule has 0 aromatic heterocycles. The topological polar surface area (TPSA) is 69.6 Å². The minimum atomic E-state index is -0.779. The van der Waals surface area contributed by atoms with E-state index in [1.807, 2.05) is 6.92 Å². The lowest BCUT2D eigenvalue weighted by molar-refractivity contribution is -0.142. The quantitative estimate of drug-likeness (QED) is 0.747. The number of hydrogen-bond acceptors (Lipinski definition) is 2. The van der Waals surface area contributed by atoms with Crippen molar-refractivity contribution in [3.63, 3.8) is 0 Å². The van der Waals surface area contributed by atoms with Crippen molar-refractivity contribution in [3.8, 4) is 0 Å². The molecule has 0 radical (unpaired) electrons. The SMILES string of the molecule is C=CCC(C)NC(=O)N1C2CCC1C(C(=O)O)C2. The van der Waals surface area contributed by atoms with Crippen LogP contribution < -0.4 is 5.32 Å². The second-order valence-corrected chi connectivity index (χ2v) is 5.26. The second kappa shape index (κ2) is 5.00. The molecular weight excluding hydrogens is 232 g/mol. The Hall–Kier alpha value is -1.52. The summed E-state index contributed by atoms with van der Waals surface area (Å²) >= 11 is 0. The van der Waals surface area contributed by atoms with Gasteiger partial charge in [0.05, 0.1) is 5.92 Å². The van der Waals surface area contributed by atoms with Crippen LogP contribution in [-0.2, 0) is 4.79 Å². The van der Waals surface area contributed by atoms with Gasteiger partial charge in [-0.05, 0) is 32.6 Å². The molecule has 4 unspecified atom stereocenters. The number of carboxylic acids is 1. The van der Waals surface area contributed by atoms with Crippen LogP contribution in [0, 0.1) is 5.92 Å². The molecular formula is C13H20N2O3. The van der Waals surface area contributed by atoms with Gasteiger partial charge >= 0.3 is 12.0 Å². The van der Waals surface area contributed by atoms with Crippen molar-refractivity contribution in [2.24, 2.45) is 5.92 Å². The van der Waals surface area contributed by atoms with E-state index < -0.39 is 5.97 Å². The van der Waals surface area contributed by atoms with Crippen molar-refractivity contribution in [2.75, 3.05) is 0 Å². The monoisotopic (exact) mass is 252 g/mol. The van der Waals surface area contributed by atoms with E-state index in [2.05, 4.69) is 11.9 Å². The zero-order valence-electron chi connectivity index (χ0n) is 10.6. The molecule has 18 heavy (non-hydrogen) atoms. The standard InChI is InChI=1S/C13H20N2O3/c1-3-4-8(2)14-13(18)15-9-5-6-11(15)10(7-9)12(16)17/h3,8-11H,1,4-7H2,2H3,(H,14,18)(H,16,17). The first-order valence-electron chi connectivity index (χ1n) is 6.47. The summed E-state index contributed by atoms with van der Waals surface area (Å²) in [6.07, 6.45) is 4.83. The van der Waals surface area contributed by atoms with Gasteiger partial charge in [0.2, 0.25) is 0 Å². The van der Waals surface area contributed by atoms with Crippen LogP contribution in [0.15, 0.2) is 12.7 Å². The Morgan fingerprint density at radius 1 is 1.56 bits per heavy atom. The molecule has 2 saturated heterocycles. The summed E-state index contributed by atoms with van der Waals surface area (Å²) in [6, 6.07) is -0.102. The van der Waals surface area contributed by atoms with Gasteiger partial charge in [0.25, 0.3) is 0 Å². The van der Waals surface area contributed by atoms with E-state index in [1.54, 1.807) is 11.0 Å². The Morgan fingerprint density at radius 2 is 2.28 bits per heavy atom. The van der Waals surface area contributed by atoms with Gasteiger partial charge in [-0.1, -0.05) is 6.08 Å². The molecule has 0 saturated carbocycles. The lowest BCUT2D eigenvalue weighted by Crippen LogP contribution is -2.47. The molecule has 0 spiro atoms. The van der Waals surface area contributed by atoms with E-state index >= 15 is 0 Å². The average molecular weight is 252 g/mol. The van der Waals surface area contributed by atoms with E-state index in [4.69, 9.17) is 5.11 Å². The molecule has 2 aliphatic heterocycles. The van der Waals surface area contributed by atoms with Gasteiger partial charge in [-0.25, -0.2) is 4.79 Å². The minimum Gasteiger partial charge on any atom is -0.481 e. The zero-order valence-corrected chi connectivity index (χ0v) is 10.6. The summed E-state index contributed by atoms with van der Waals surface area (Å²) < 4.78 is 0. The van der Waals surface area contributed by atoms with E-state index in [0.717, 1.165) is 19.3 Å². The summed E-state index contributed by atoms with van der Waals surface area (Å²) in [4.78, 5) is 25.0. The van der Waals surface area contributed by atoms with E-state index in [9.17, 15) is 9.59 Å². The summed E-state index contributed by atoms with van der Waals surface area (Å²) in [5.41, 5.74) is 0. The summed E-state index contributed by atoms with van der Waals surface area (Å²) in [6.45, 7) is 5.56. The number of carbonyl (C=O) groups is 2. The number of aliphatic carboxylic acids is 1. The first kappa shape index (κ1) is 12.9. The van der Waals surface area contributed by atoms with Crippen LogP contribution in [0.2, 0.25) is 0 Å². The number of fused-ring (bicyclic) bond motifs is 2. The van der Waals surface area contributed by atoms with Crippen LogP contribution in [0.5, 0.6) is 0 Å². The molecule has 2 N–H and O–H groups in total. The van der Waals surface area contributed by atoms with Crippen molar-refractivity contribution < 1.29 is 14.7 Å². The molecule has 2 rings (SSSR count). The third-order valence-corrected chi connectivity index (χ3v) is 3.98. The fraction of sp³-hybridized carbons (Fsp3) is 0.692. The molecule has 2 aliphatic rings. The fourth-order valence-corrected chi connectivity index (χ4v) is 3.16. The molecule has 2 fully saturated rings. The molecule has 2 bridgehead atoms. The van der Waals surface area contributed by atoms with Crippen LogP contribution >= 0.6 is 0 Å². The molecule has 100 valence electrons. The lowest BCUT2D eigenvalue weighted by Gasteiger charge is -2.25. The van der Waals surface area contributed by atoms with Gasteiger partial charge in [-0.15, -0.1) is 6.58 Å². The predicted octanol–water partition coefficient (Wildman–Crippen LogP) is 1.60. The van der Waals surface area contributed by atoms with Crippen molar-refractivity contribution in [3.05, 3.63) is 12.7 Å². The van der Waals surface area contributed by atoms with Crippen molar-refractivity contribution >= 4 is 12.0 Å². The minimum absolute atomic E-state index is 0.0401. The number of carbonyl (C=O) groups excluding carboxylic acids is 1. The number of rotatable bonds is 4. The number of carboxylic acid groups (broad SMARTS) is 1. The normalized spacial score (nSPS) is 31.2. The third-order valence-electron chi connectivity index (χ3n) is 3.98. The molecule has 2 heterocycles. The highest BCUT2D eigenvalue weighted by atomic mass is 16.4. The summed E-state index contributed by atoms with van der Waals surface area (Å²) in [7, 11) is 0.